The van der Waals surface area contributed by atoms with Crippen LogP contribution in [0.25, 0.3) is 0 Å². The molecule has 1 aromatic heterocycles. The molecule has 72 valence electrons. The average Bonchev–Trinajstić information content (AvgIpc) is 2.67. The fourth-order valence-corrected chi connectivity index (χ4v) is 2.15. The number of aromatic nitrogens is 3. The normalized spacial score (nSPS) is 19.2. The van der Waals surface area contributed by atoms with E-state index in [2.05, 4.69) is 21.9 Å². The first kappa shape index (κ1) is 8.73. The van der Waals surface area contributed by atoms with Crippen molar-refractivity contribution in [3.63, 3.8) is 0 Å². The van der Waals surface area contributed by atoms with Crippen molar-refractivity contribution in [2.24, 2.45) is 0 Å². The molecular formula is C10H17N3. The average molecular weight is 179 g/mol. The molecule has 0 amide bonds. The topological polar surface area (TPSA) is 30.7 Å². The molecule has 0 saturated heterocycles. The smallest absolute Gasteiger partial charge is 0.0725 e. The van der Waals surface area contributed by atoms with Gasteiger partial charge in [-0.15, -0.1) is 5.10 Å². The van der Waals surface area contributed by atoms with Crippen molar-refractivity contribution >= 4 is 0 Å². The van der Waals surface area contributed by atoms with Gasteiger partial charge in [0, 0.05) is 0 Å². The van der Waals surface area contributed by atoms with E-state index in [0.717, 1.165) is 6.42 Å². The monoisotopic (exact) mass is 179 g/mol. The zero-order valence-electron chi connectivity index (χ0n) is 8.24. The van der Waals surface area contributed by atoms with Gasteiger partial charge in [-0.05, 0) is 19.3 Å². The molecule has 1 aliphatic rings. The van der Waals surface area contributed by atoms with Crippen LogP contribution in [0.4, 0.5) is 0 Å². The lowest BCUT2D eigenvalue weighted by Crippen LogP contribution is -2.16. The first-order chi connectivity index (χ1) is 6.42. The van der Waals surface area contributed by atoms with Crippen molar-refractivity contribution in [2.75, 3.05) is 0 Å². The van der Waals surface area contributed by atoms with E-state index in [1.54, 1.807) is 0 Å². The highest BCUT2D eigenvalue weighted by Crippen LogP contribution is 2.28. The van der Waals surface area contributed by atoms with Gasteiger partial charge in [0.05, 0.1) is 17.9 Å². The van der Waals surface area contributed by atoms with E-state index in [1.165, 1.54) is 37.8 Å². The molecule has 1 aliphatic carbocycles. The second-order valence-corrected chi connectivity index (χ2v) is 3.82. The van der Waals surface area contributed by atoms with Gasteiger partial charge in [0.25, 0.3) is 0 Å². The van der Waals surface area contributed by atoms with Crippen LogP contribution in [0.1, 0.15) is 50.8 Å². The van der Waals surface area contributed by atoms with Gasteiger partial charge in [-0.1, -0.05) is 31.4 Å². The molecule has 0 spiro atoms. The largest absolute Gasteiger partial charge is 0.246 e. The van der Waals surface area contributed by atoms with Gasteiger partial charge in [0.2, 0.25) is 0 Å². The number of nitrogens with zero attached hydrogens (tertiary/aromatic N) is 3. The van der Waals surface area contributed by atoms with Crippen molar-refractivity contribution < 1.29 is 0 Å². The summed E-state index contributed by atoms with van der Waals surface area (Å²) in [6.07, 6.45) is 9.62. The Morgan fingerprint density at radius 1 is 1.38 bits per heavy atom. The Kier molecular flexibility index (Phi) is 2.62. The van der Waals surface area contributed by atoms with Gasteiger partial charge in [-0.25, -0.2) is 4.68 Å². The van der Waals surface area contributed by atoms with Gasteiger partial charge < -0.3 is 0 Å². The van der Waals surface area contributed by atoms with Crippen LogP contribution in [0.5, 0.6) is 0 Å². The van der Waals surface area contributed by atoms with Gasteiger partial charge >= 0.3 is 0 Å². The van der Waals surface area contributed by atoms with Crippen LogP contribution >= 0.6 is 0 Å². The fraction of sp³-hybridized carbons (Fsp3) is 0.800. The predicted molar refractivity (Wildman–Crippen MR) is 51.5 cm³/mol. The molecule has 0 atom stereocenters. The lowest BCUT2D eigenvalue weighted by molar-refractivity contribution is 0.317. The lowest BCUT2D eigenvalue weighted by atomic mass is 9.95. The summed E-state index contributed by atoms with van der Waals surface area (Å²) >= 11 is 0. The fourth-order valence-electron chi connectivity index (χ4n) is 2.15. The quantitative estimate of drug-likeness (QED) is 0.697. The molecule has 3 heteroatoms. The van der Waals surface area contributed by atoms with Crippen molar-refractivity contribution in [3.8, 4) is 0 Å². The summed E-state index contributed by atoms with van der Waals surface area (Å²) in [4.78, 5) is 0. The lowest BCUT2D eigenvalue weighted by Gasteiger charge is -2.22. The van der Waals surface area contributed by atoms with E-state index in [9.17, 15) is 0 Å². The van der Waals surface area contributed by atoms with Crippen molar-refractivity contribution in [2.45, 2.75) is 51.5 Å². The van der Waals surface area contributed by atoms with Crippen molar-refractivity contribution in [1.82, 2.24) is 15.0 Å². The molecule has 3 nitrogen and oxygen atoms in total. The Labute approximate surface area is 79.1 Å². The van der Waals surface area contributed by atoms with Crippen LogP contribution in [0, 0.1) is 0 Å². The number of hydrogen-bond acceptors (Lipinski definition) is 2. The predicted octanol–water partition coefficient (Wildman–Crippen LogP) is 2.35. The van der Waals surface area contributed by atoms with E-state index in [-0.39, 0.29) is 0 Å². The maximum atomic E-state index is 4.18. The molecule has 13 heavy (non-hydrogen) atoms. The first-order valence-electron chi connectivity index (χ1n) is 5.31. The highest BCUT2D eigenvalue weighted by Gasteiger charge is 2.17. The third-order valence-corrected chi connectivity index (χ3v) is 2.93. The molecular weight excluding hydrogens is 162 g/mol. The molecule has 0 radical (unpaired) electrons. The summed E-state index contributed by atoms with van der Waals surface area (Å²) in [5.41, 5.74) is 1.28. The SMILES string of the molecule is CCc1cnnn1C1CCCCC1. The third-order valence-electron chi connectivity index (χ3n) is 2.93. The highest BCUT2D eigenvalue weighted by molar-refractivity contribution is 4.95. The maximum Gasteiger partial charge on any atom is 0.0725 e. The van der Waals surface area contributed by atoms with E-state index in [0.29, 0.717) is 6.04 Å². The Hall–Kier alpha value is -0.860. The van der Waals surface area contributed by atoms with Gasteiger partial charge in [0.1, 0.15) is 0 Å². The second-order valence-electron chi connectivity index (χ2n) is 3.82. The Balaban J connectivity index is 2.13. The summed E-state index contributed by atoms with van der Waals surface area (Å²) < 4.78 is 2.14. The minimum atomic E-state index is 0.631. The minimum Gasteiger partial charge on any atom is -0.246 e. The molecule has 1 saturated carbocycles. The maximum absolute atomic E-state index is 4.18. The zero-order chi connectivity index (χ0) is 9.10. The number of rotatable bonds is 2. The second kappa shape index (κ2) is 3.90. The highest BCUT2D eigenvalue weighted by atomic mass is 15.4. The summed E-state index contributed by atoms with van der Waals surface area (Å²) in [5, 5.41) is 8.16. The molecule has 0 unspecified atom stereocenters. The van der Waals surface area contributed by atoms with Gasteiger partial charge in [0.15, 0.2) is 0 Å². The third kappa shape index (κ3) is 1.74. The van der Waals surface area contributed by atoms with E-state index >= 15 is 0 Å². The standard InChI is InChI=1S/C10H17N3/c1-2-9-8-11-12-13(9)10-6-4-3-5-7-10/h8,10H,2-7H2,1H3. The van der Waals surface area contributed by atoms with Crippen LogP contribution in [-0.4, -0.2) is 15.0 Å². The zero-order valence-corrected chi connectivity index (χ0v) is 8.24. The molecule has 0 aromatic carbocycles. The van der Waals surface area contributed by atoms with Crippen molar-refractivity contribution in [3.05, 3.63) is 11.9 Å². The van der Waals surface area contributed by atoms with Crippen LogP contribution in [0.15, 0.2) is 6.20 Å². The minimum absolute atomic E-state index is 0.631. The van der Waals surface area contributed by atoms with Crippen LogP contribution in [0.3, 0.4) is 0 Å². The van der Waals surface area contributed by atoms with E-state index in [4.69, 9.17) is 0 Å². The Morgan fingerprint density at radius 3 is 2.85 bits per heavy atom. The Morgan fingerprint density at radius 2 is 2.15 bits per heavy atom. The van der Waals surface area contributed by atoms with Crippen LogP contribution in [0.2, 0.25) is 0 Å². The summed E-state index contributed by atoms with van der Waals surface area (Å²) in [7, 11) is 0. The molecule has 0 bridgehead atoms. The molecule has 0 N–H and O–H groups in total. The number of aryl methyl sites for hydroxylation is 1. The molecule has 1 fully saturated rings. The van der Waals surface area contributed by atoms with Gasteiger partial charge in [-0.2, -0.15) is 0 Å². The molecule has 1 heterocycles. The number of hydrogen-bond donors (Lipinski definition) is 0. The molecule has 2 rings (SSSR count). The van der Waals surface area contributed by atoms with E-state index in [1.807, 2.05) is 6.20 Å². The first-order valence-corrected chi connectivity index (χ1v) is 5.31. The summed E-state index contributed by atoms with van der Waals surface area (Å²) in [6, 6.07) is 0.631. The molecule has 1 aromatic rings. The van der Waals surface area contributed by atoms with E-state index < -0.39 is 0 Å². The van der Waals surface area contributed by atoms with Gasteiger partial charge in [-0.3, -0.25) is 0 Å². The van der Waals surface area contributed by atoms with Crippen LogP contribution < -0.4 is 0 Å². The van der Waals surface area contributed by atoms with Crippen molar-refractivity contribution in [1.29, 1.82) is 0 Å². The summed E-state index contributed by atoms with van der Waals surface area (Å²) in [6.45, 7) is 2.16. The summed E-state index contributed by atoms with van der Waals surface area (Å²) in [5.74, 6) is 0. The van der Waals surface area contributed by atoms with Crippen LogP contribution in [-0.2, 0) is 6.42 Å². The Bertz CT molecular complexity index is 261. The molecule has 0 aliphatic heterocycles.